The molecule has 2 heterocycles. The van der Waals surface area contributed by atoms with Crippen LogP contribution in [-0.2, 0) is 16.6 Å². The van der Waals surface area contributed by atoms with Crippen molar-refractivity contribution in [2.45, 2.75) is 13.8 Å². The van der Waals surface area contributed by atoms with E-state index in [9.17, 15) is 0 Å². The third kappa shape index (κ3) is 11.6. The first-order valence-corrected chi connectivity index (χ1v) is 10.8. The molecule has 0 aliphatic rings. The van der Waals surface area contributed by atoms with Gasteiger partial charge in [-0.3, -0.25) is 9.59 Å². The Bertz CT molecular complexity index is 942. The molecule has 156 valence electrons. The van der Waals surface area contributed by atoms with E-state index >= 15 is 0 Å². The van der Waals surface area contributed by atoms with Crippen LogP contribution in [0.4, 0.5) is 0 Å². The second-order valence-electron chi connectivity index (χ2n) is 5.59. The van der Waals surface area contributed by atoms with Crippen molar-refractivity contribution in [3.63, 3.8) is 0 Å². The van der Waals surface area contributed by atoms with Gasteiger partial charge in [-0.25, -0.2) is 0 Å². The van der Waals surface area contributed by atoms with E-state index in [4.69, 9.17) is 19.8 Å². The van der Waals surface area contributed by atoms with Crippen molar-refractivity contribution in [2.75, 3.05) is 4.93 Å². The van der Waals surface area contributed by atoms with Gasteiger partial charge in [0.2, 0.25) is 0 Å². The van der Waals surface area contributed by atoms with Crippen LogP contribution in [0.15, 0.2) is 73.1 Å². The van der Waals surface area contributed by atoms with E-state index in [1.54, 1.807) is 0 Å². The molecule has 0 radical (unpaired) electrons. The van der Waals surface area contributed by atoms with Crippen LogP contribution >= 0.6 is 22.6 Å². The van der Waals surface area contributed by atoms with Gasteiger partial charge in [-0.2, -0.15) is 0 Å². The number of H-pyrrole nitrogens is 1. The lowest BCUT2D eigenvalue weighted by atomic mass is 10.2. The molecule has 4 aromatic rings. The summed E-state index contributed by atoms with van der Waals surface area (Å²) in [4.78, 5) is 23.1. The molecule has 2 aromatic carbocycles. The molecule has 0 amide bonds. The van der Waals surface area contributed by atoms with Gasteiger partial charge in [-0.15, -0.1) is 0 Å². The van der Waals surface area contributed by atoms with Gasteiger partial charge in [-0.05, 0) is 40.0 Å². The van der Waals surface area contributed by atoms with Crippen LogP contribution < -0.4 is 0 Å². The molecule has 0 spiro atoms. The molecular formula is C22H27IN2O4. The van der Waals surface area contributed by atoms with Crippen molar-refractivity contribution < 1.29 is 19.8 Å². The summed E-state index contributed by atoms with van der Waals surface area (Å²) in [5, 5.41) is 17.4. The lowest BCUT2D eigenvalue weighted by Gasteiger charge is -1.92. The molecule has 0 saturated heterocycles. The first kappa shape index (κ1) is 26.2. The molecule has 0 saturated carbocycles. The maximum absolute atomic E-state index is 9.00. The SMILES string of the molecule is CC(=O)O.CC(=O)O.CI.Cn1ccc2ccccc21.c1ccc2[nH]ccc2c1. The number of para-hydroxylation sites is 2. The molecule has 3 N–H and O–H groups in total. The summed E-state index contributed by atoms with van der Waals surface area (Å²) in [6.07, 6.45) is 4.02. The molecule has 2 aromatic heterocycles. The quantitative estimate of drug-likeness (QED) is 0.213. The molecular weight excluding hydrogens is 483 g/mol. The molecule has 0 fully saturated rings. The summed E-state index contributed by atoms with van der Waals surface area (Å²) in [7, 11) is 2.06. The Morgan fingerprint density at radius 1 is 0.828 bits per heavy atom. The summed E-state index contributed by atoms with van der Waals surface area (Å²) >= 11 is 2.15. The average Bonchev–Trinajstić information content (AvgIpc) is 3.30. The predicted octanol–water partition coefficient (Wildman–Crippen LogP) is 5.58. The Kier molecular flexibility index (Phi) is 13.7. The number of carbonyl (C=O) groups is 2. The maximum Gasteiger partial charge on any atom is 0.300 e. The zero-order valence-corrected chi connectivity index (χ0v) is 19.1. The van der Waals surface area contributed by atoms with Gasteiger partial charge < -0.3 is 19.8 Å². The Hall–Kier alpha value is -2.81. The second kappa shape index (κ2) is 15.2. The minimum absolute atomic E-state index is 0.833. The van der Waals surface area contributed by atoms with Crippen molar-refractivity contribution in [3.05, 3.63) is 73.1 Å². The number of nitrogens with zero attached hydrogens (tertiary/aromatic N) is 1. The molecule has 7 heteroatoms. The van der Waals surface area contributed by atoms with Gasteiger partial charge >= 0.3 is 0 Å². The highest BCUT2D eigenvalue weighted by Gasteiger charge is 1.92. The van der Waals surface area contributed by atoms with Crippen LogP contribution in [0.2, 0.25) is 0 Å². The molecule has 0 unspecified atom stereocenters. The zero-order valence-electron chi connectivity index (χ0n) is 17.0. The number of aliphatic carboxylic acids is 2. The monoisotopic (exact) mass is 510 g/mol. The third-order valence-corrected chi connectivity index (χ3v) is 3.26. The minimum Gasteiger partial charge on any atom is -0.481 e. The summed E-state index contributed by atoms with van der Waals surface area (Å²) in [6, 6.07) is 20.8. The number of aromatic nitrogens is 2. The summed E-state index contributed by atoms with van der Waals surface area (Å²) in [6.45, 7) is 2.17. The lowest BCUT2D eigenvalue weighted by molar-refractivity contribution is -0.135. The fourth-order valence-corrected chi connectivity index (χ4v) is 2.22. The largest absolute Gasteiger partial charge is 0.481 e. The molecule has 4 rings (SSSR count). The fourth-order valence-electron chi connectivity index (χ4n) is 2.22. The normalized spacial score (nSPS) is 8.72. The molecule has 0 aliphatic carbocycles. The molecule has 0 aliphatic heterocycles. The van der Waals surface area contributed by atoms with E-state index in [-0.39, 0.29) is 0 Å². The van der Waals surface area contributed by atoms with Gasteiger partial charge in [0.1, 0.15) is 0 Å². The minimum atomic E-state index is -0.833. The van der Waals surface area contributed by atoms with Crippen LogP contribution in [0.1, 0.15) is 13.8 Å². The number of carboxylic acids is 2. The predicted molar refractivity (Wildman–Crippen MR) is 128 cm³/mol. The number of aryl methyl sites for hydroxylation is 1. The average molecular weight is 510 g/mol. The fraction of sp³-hybridized carbons (Fsp3) is 0.182. The van der Waals surface area contributed by atoms with Crippen molar-refractivity contribution in [3.8, 4) is 0 Å². The molecule has 6 nitrogen and oxygen atoms in total. The van der Waals surface area contributed by atoms with Crippen LogP contribution in [0.3, 0.4) is 0 Å². The first-order valence-electron chi connectivity index (χ1n) is 8.60. The molecule has 0 bridgehead atoms. The lowest BCUT2D eigenvalue weighted by Crippen LogP contribution is -1.81. The zero-order chi connectivity index (χ0) is 22.2. The van der Waals surface area contributed by atoms with Gasteiger partial charge in [0.25, 0.3) is 11.9 Å². The highest BCUT2D eigenvalue weighted by atomic mass is 127. The van der Waals surface area contributed by atoms with E-state index in [1.807, 2.05) is 23.3 Å². The van der Waals surface area contributed by atoms with Gasteiger partial charge in [0, 0.05) is 44.3 Å². The Morgan fingerprint density at radius 2 is 1.31 bits per heavy atom. The number of rotatable bonds is 0. The highest BCUT2D eigenvalue weighted by molar-refractivity contribution is 14.1. The van der Waals surface area contributed by atoms with Crippen LogP contribution in [0.5, 0.6) is 0 Å². The van der Waals surface area contributed by atoms with E-state index < -0.39 is 11.9 Å². The van der Waals surface area contributed by atoms with Crippen molar-refractivity contribution in [2.24, 2.45) is 7.05 Å². The Balaban J connectivity index is 0.000000380. The summed E-state index contributed by atoms with van der Waals surface area (Å²) < 4.78 is 2.12. The van der Waals surface area contributed by atoms with Crippen LogP contribution in [0, 0.1) is 0 Å². The third-order valence-electron chi connectivity index (χ3n) is 3.26. The van der Waals surface area contributed by atoms with Crippen LogP contribution in [0.25, 0.3) is 21.8 Å². The number of hydrogen-bond acceptors (Lipinski definition) is 2. The number of nitrogens with one attached hydrogen (secondary N) is 1. The van der Waals surface area contributed by atoms with Crippen molar-refractivity contribution >= 4 is 56.3 Å². The Labute approximate surface area is 184 Å². The van der Waals surface area contributed by atoms with Crippen molar-refractivity contribution in [1.29, 1.82) is 0 Å². The number of carboxylic acid groups (broad SMARTS) is 2. The van der Waals surface area contributed by atoms with E-state index in [2.05, 4.69) is 93.9 Å². The number of alkyl halides is 1. The van der Waals surface area contributed by atoms with E-state index in [0.29, 0.717) is 0 Å². The van der Waals surface area contributed by atoms with E-state index in [0.717, 1.165) is 13.8 Å². The maximum atomic E-state index is 9.00. The smallest absolute Gasteiger partial charge is 0.300 e. The Morgan fingerprint density at radius 3 is 1.83 bits per heavy atom. The topological polar surface area (TPSA) is 95.3 Å². The summed E-state index contributed by atoms with van der Waals surface area (Å²) in [5.74, 6) is -1.67. The number of fused-ring (bicyclic) bond motifs is 2. The van der Waals surface area contributed by atoms with Gasteiger partial charge in [0.15, 0.2) is 0 Å². The first-order chi connectivity index (χ1) is 13.8. The van der Waals surface area contributed by atoms with Crippen LogP contribution in [-0.4, -0.2) is 36.6 Å². The number of halogens is 1. The standard InChI is InChI=1S/C9H9N.C8H7N.2C2H4O2.CH3I/c1-10-7-6-8-4-2-3-5-9(8)10;1-2-4-8-7(3-1)5-6-9-8;2*1-2(3)4;1-2/h2-7H,1H3;1-6,9H;2*1H3,(H,3,4);1H3. The van der Waals surface area contributed by atoms with Crippen molar-refractivity contribution in [1.82, 2.24) is 9.55 Å². The number of hydrogen-bond donors (Lipinski definition) is 3. The summed E-state index contributed by atoms with van der Waals surface area (Å²) in [5.41, 5.74) is 2.50. The molecule has 29 heavy (non-hydrogen) atoms. The highest BCUT2D eigenvalue weighted by Crippen LogP contribution is 2.12. The number of benzene rings is 2. The van der Waals surface area contributed by atoms with Gasteiger partial charge in [0.05, 0.1) is 0 Å². The second-order valence-corrected chi connectivity index (χ2v) is 5.59. The molecule has 0 atom stereocenters. The van der Waals surface area contributed by atoms with Gasteiger partial charge in [-0.1, -0.05) is 59.0 Å². The number of aromatic amines is 1. The van der Waals surface area contributed by atoms with E-state index in [1.165, 1.54) is 21.8 Å².